The van der Waals surface area contributed by atoms with Crippen LogP contribution < -0.4 is 10.6 Å². The number of amides is 2. The molecule has 1 aromatic carbocycles. The van der Waals surface area contributed by atoms with Crippen molar-refractivity contribution in [2.75, 3.05) is 5.32 Å². The summed E-state index contributed by atoms with van der Waals surface area (Å²) in [6.45, 7) is 7.44. The molecule has 188 valence electrons. The second kappa shape index (κ2) is 12.3. The van der Waals surface area contributed by atoms with Crippen LogP contribution in [-0.4, -0.2) is 38.7 Å². The van der Waals surface area contributed by atoms with Crippen molar-refractivity contribution in [2.45, 2.75) is 83.5 Å². The average molecular weight is 498 g/mol. The maximum absolute atomic E-state index is 13.4. The molecule has 4 N–H and O–H groups in total. The maximum Gasteiger partial charge on any atom is 0.254 e. The van der Waals surface area contributed by atoms with Gasteiger partial charge in [0.25, 0.3) is 5.91 Å². The number of carbonyl (C=O) groups is 2. The minimum absolute atomic E-state index is 0.207. The molecule has 0 saturated carbocycles. The average Bonchev–Trinajstić information content (AvgIpc) is 3.19. The van der Waals surface area contributed by atoms with E-state index in [1.165, 1.54) is 11.3 Å². The number of nitrogens with one attached hydrogen (secondary N) is 2. The van der Waals surface area contributed by atoms with Gasteiger partial charge in [0.05, 0.1) is 5.60 Å². The van der Waals surface area contributed by atoms with Crippen molar-refractivity contribution >= 4 is 28.3 Å². The SMILES string of the molecule is CCCC(NC(=O)C(O)c1cc(F)cc(F)c1)C(=O)Nc1ncc(C(C)CCCC(C)(C)O)s1. The van der Waals surface area contributed by atoms with Gasteiger partial charge in [-0.05, 0) is 63.1 Å². The van der Waals surface area contributed by atoms with E-state index in [0.29, 0.717) is 30.5 Å². The van der Waals surface area contributed by atoms with Crippen LogP contribution in [0.15, 0.2) is 24.4 Å². The summed E-state index contributed by atoms with van der Waals surface area (Å²) in [5.41, 5.74) is -0.949. The Morgan fingerprint density at radius 3 is 2.38 bits per heavy atom. The van der Waals surface area contributed by atoms with E-state index in [4.69, 9.17) is 0 Å². The van der Waals surface area contributed by atoms with Crippen LogP contribution in [0.5, 0.6) is 0 Å². The third kappa shape index (κ3) is 8.73. The lowest BCUT2D eigenvalue weighted by Crippen LogP contribution is -2.45. The van der Waals surface area contributed by atoms with Crippen molar-refractivity contribution in [3.05, 3.63) is 46.5 Å². The number of nitrogens with zero attached hydrogens (tertiary/aromatic N) is 1. The topological polar surface area (TPSA) is 112 Å². The molecule has 0 aliphatic rings. The molecular formula is C24H33F2N3O4S. The standard InChI is InChI=1S/C24H33F2N3O4S/c1-5-7-18(28-22(32)20(30)15-10-16(25)12-17(26)11-15)21(31)29-23-27-13-19(34-23)14(2)8-6-9-24(3,4)33/h10-14,18,20,30,33H,5-9H2,1-4H3,(H,28,32)(H,27,29,31). The fourth-order valence-corrected chi connectivity index (χ4v) is 4.35. The molecule has 0 bridgehead atoms. The van der Waals surface area contributed by atoms with Crippen LogP contribution in [0.3, 0.4) is 0 Å². The summed E-state index contributed by atoms with van der Waals surface area (Å²) in [6.07, 6.45) is 3.15. The van der Waals surface area contributed by atoms with Crippen molar-refractivity contribution in [1.82, 2.24) is 10.3 Å². The van der Waals surface area contributed by atoms with Crippen LogP contribution in [0.4, 0.5) is 13.9 Å². The van der Waals surface area contributed by atoms with Crippen LogP contribution in [0.25, 0.3) is 0 Å². The predicted octanol–water partition coefficient (Wildman–Crippen LogP) is 4.42. The third-order valence-electron chi connectivity index (χ3n) is 5.32. The number of hydrogen-bond donors (Lipinski definition) is 4. The smallest absolute Gasteiger partial charge is 0.254 e. The Morgan fingerprint density at radius 2 is 1.79 bits per heavy atom. The van der Waals surface area contributed by atoms with Gasteiger partial charge in [-0.25, -0.2) is 13.8 Å². The predicted molar refractivity (Wildman–Crippen MR) is 127 cm³/mol. The lowest BCUT2D eigenvalue weighted by Gasteiger charge is -2.19. The summed E-state index contributed by atoms with van der Waals surface area (Å²) in [5.74, 6) is -3.06. The second-order valence-corrected chi connectivity index (χ2v) is 10.2. The molecule has 3 unspecified atom stereocenters. The number of aromatic nitrogens is 1. The molecule has 3 atom stereocenters. The van der Waals surface area contributed by atoms with Gasteiger partial charge in [-0.2, -0.15) is 0 Å². The summed E-state index contributed by atoms with van der Waals surface area (Å²) < 4.78 is 26.8. The first-order chi connectivity index (χ1) is 15.9. The Hall–Kier alpha value is -2.43. The maximum atomic E-state index is 13.4. The van der Waals surface area contributed by atoms with E-state index >= 15 is 0 Å². The normalized spacial score (nSPS) is 14.4. The van der Waals surface area contributed by atoms with Crippen LogP contribution in [-0.2, 0) is 9.59 Å². The molecule has 1 heterocycles. The fraction of sp³-hybridized carbons (Fsp3) is 0.542. The Bertz CT molecular complexity index is 957. The van der Waals surface area contributed by atoms with Gasteiger partial charge >= 0.3 is 0 Å². The zero-order valence-electron chi connectivity index (χ0n) is 19.9. The van der Waals surface area contributed by atoms with Crippen molar-refractivity contribution in [3.8, 4) is 0 Å². The zero-order chi connectivity index (χ0) is 25.5. The summed E-state index contributed by atoms with van der Waals surface area (Å²) in [4.78, 5) is 30.5. The van der Waals surface area contributed by atoms with Crippen molar-refractivity contribution in [3.63, 3.8) is 0 Å². The molecule has 0 saturated heterocycles. The van der Waals surface area contributed by atoms with Gasteiger partial charge in [0.2, 0.25) is 5.91 Å². The number of rotatable bonds is 12. The Morgan fingerprint density at radius 1 is 1.15 bits per heavy atom. The number of aliphatic hydroxyl groups is 2. The van der Waals surface area contributed by atoms with E-state index in [2.05, 4.69) is 22.5 Å². The van der Waals surface area contributed by atoms with Gasteiger partial charge in [0, 0.05) is 17.1 Å². The van der Waals surface area contributed by atoms with Crippen molar-refractivity contribution in [2.24, 2.45) is 0 Å². The number of carbonyl (C=O) groups excluding carboxylic acids is 2. The molecule has 0 aliphatic heterocycles. The molecule has 2 aromatic rings. The molecule has 0 aliphatic carbocycles. The van der Waals surface area contributed by atoms with Crippen LogP contribution >= 0.6 is 11.3 Å². The van der Waals surface area contributed by atoms with Gasteiger partial charge in [-0.15, -0.1) is 11.3 Å². The number of halogens is 2. The highest BCUT2D eigenvalue weighted by Gasteiger charge is 2.26. The van der Waals surface area contributed by atoms with Crippen LogP contribution in [0, 0.1) is 11.6 Å². The van der Waals surface area contributed by atoms with E-state index in [0.717, 1.165) is 29.9 Å². The largest absolute Gasteiger partial charge is 0.390 e. The quantitative estimate of drug-likeness (QED) is 0.347. The first-order valence-electron chi connectivity index (χ1n) is 11.3. The first-order valence-corrected chi connectivity index (χ1v) is 12.1. The summed E-state index contributed by atoms with van der Waals surface area (Å²) >= 11 is 1.34. The highest BCUT2D eigenvalue weighted by Crippen LogP contribution is 2.30. The highest BCUT2D eigenvalue weighted by molar-refractivity contribution is 7.15. The number of thiazole rings is 1. The Labute approximate surface area is 202 Å². The van der Waals surface area contributed by atoms with E-state index in [1.54, 1.807) is 20.0 Å². The Balaban J connectivity index is 1.98. The Kier molecular flexibility index (Phi) is 10.1. The third-order valence-corrected chi connectivity index (χ3v) is 6.47. The molecule has 0 spiro atoms. The molecule has 1 aromatic heterocycles. The second-order valence-electron chi connectivity index (χ2n) is 9.12. The van der Waals surface area contributed by atoms with Gasteiger partial charge in [-0.1, -0.05) is 20.3 Å². The van der Waals surface area contributed by atoms with Crippen LogP contribution in [0.1, 0.15) is 82.3 Å². The fourth-order valence-electron chi connectivity index (χ4n) is 3.44. The minimum atomic E-state index is -1.83. The number of benzene rings is 1. The van der Waals surface area contributed by atoms with Crippen LogP contribution in [0.2, 0.25) is 0 Å². The monoisotopic (exact) mass is 497 g/mol. The molecular weight excluding hydrogens is 464 g/mol. The van der Waals surface area contributed by atoms with Crippen molar-refractivity contribution < 1.29 is 28.6 Å². The first kappa shape index (κ1) is 27.8. The van der Waals surface area contributed by atoms with E-state index in [9.17, 15) is 28.6 Å². The van der Waals surface area contributed by atoms with Crippen molar-refractivity contribution in [1.29, 1.82) is 0 Å². The lowest BCUT2D eigenvalue weighted by atomic mass is 9.96. The summed E-state index contributed by atoms with van der Waals surface area (Å²) in [7, 11) is 0. The van der Waals surface area contributed by atoms with Gasteiger partial charge in [0.1, 0.15) is 17.7 Å². The molecule has 34 heavy (non-hydrogen) atoms. The summed E-state index contributed by atoms with van der Waals surface area (Å²) in [6, 6.07) is 1.41. The lowest BCUT2D eigenvalue weighted by molar-refractivity contribution is -0.133. The van der Waals surface area contributed by atoms with E-state index < -0.39 is 41.2 Å². The molecule has 7 nitrogen and oxygen atoms in total. The molecule has 2 rings (SSSR count). The van der Waals surface area contributed by atoms with Gasteiger partial charge in [-0.3, -0.25) is 9.59 Å². The highest BCUT2D eigenvalue weighted by atomic mass is 32.1. The molecule has 0 fully saturated rings. The van der Waals surface area contributed by atoms with E-state index in [-0.39, 0.29) is 11.5 Å². The van der Waals surface area contributed by atoms with E-state index in [1.807, 2.05) is 6.92 Å². The number of anilines is 1. The molecule has 10 heteroatoms. The van der Waals surface area contributed by atoms with Gasteiger partial charge < -0.3 is 20.8 Å². The number of aliphatic hydroxyl groups excluding tert-OH is 1. The summed E-state index contributed by atoms with van der Waals surface area (Å²) in [5, 5.41) is 25.6. The molecule has 2 amide bonds. The zero-order valence-corrected chi connectivity index (χ0v) is 20.7. The minimum Gasteiger partial charge on any atom is -0.390 e. The molecule has 0 radical (unpaired) electrons. The number of hydrogen-bond acceptors (Lipinski definition) is 6. The van der Waals surface area contributed by atoms with Gasteiger partial charge in [0.15, 0.2) is 11.2 Å².